The van der Waals surface area contributed by atoms with E-state index in [4.69, 9.17) is 33.2 Å². The molecule has 1 aliphatic heterocycles. The van der Waals surface area contributed by atoms with E-state index in [0.717, 1.165) is 31.6 Å². The lowest BCUT2D eigenvalue weighted by Gasteiger charge is -2.44. The van der Waals surface area contributed by atoms with Gasteiger partial charge in [-0.25, -0.2) is 9.97 Å². The zero-order chi connectivity index (χ0) is 30.5. The number of amides is 2. The van der Waals surface area contributed by atoms with Gasteiger partial charge in [0.15, 0.2) is 0 Å². The normalized spacial score (nSPS) is 17.0. The highest BCUT2D eigenvalue weighted by atomic mass is 35.5. The summed E-state index contributed by atoms with van der Waals surface area (Å²) in [4.78, 5) is 43.7. The highest BCUT2D eigenvalue weighted by Gasteiger charge is 2.36. The molecule has 1 fully saturated rings. The minimum Gasteiger partial charge on any atom is -0.332 e. The molecular weight excluding hydrogens is 631 g/mol. The third-order valence-corrected chi connectivity index (χ3v) is 10.6. The fourth-order valence-electron chi connectivity index (χ4n) is 5.86. The van der Waals surface area contributed by atoms with Crippen LogP contribution < -0.4 is 0 Å². The van der Waals surface area contributed by atoms with Crippen LogP contribution in [0.25, 0.3) is 42.9 Å². The number of nitrogens with zero attached hydrogens (tertiary/aromatic N) is 4. The number of piperazine rings is 1. The Balaban J connectivity index is 1.21. The maximum Gasteiger partial charge on any atom is 0.254 e. The van der Waals surface area contributed by atoms with Crippen LogP contribution in [0.15, 0.2) is 84.9 Å². The molecule has 1 aliphatic rings. The van der Waals surface area contributed by atoms with Crippen molar-refractivity contribution < 1.29 is 9.59 Å². The topological polar surface area (TPSA) is 66.4 Å². The molecule has 0 saturated carbocycles. The second-order valence-electron chi connectivity index (χ2n) is 11.0. The molecule has 5 heterocycles. The SMILES string of the molecule is CC1CN(C(=O)c2cc(-c3ccc(Cl)s3)nc3ccccc23)C(C)CN1C(=O)c1cc(-c2ccc(Cl)s2)nc2ccccc12. The van der Waals surface area contributed by atoms with Crippen molar-refractivity contribution in [3.63, 3.8) is 0 Å². The maximum absolute atomic E-state index is 14.2. The molecule has 0 radical (unpaired) electrons. The molecule has 2 amide bonds. The van der Waals surface area contributed by atoms with Gasteiger partial charge < -0.3 is 9.80 Å². The molecule has 10 heteroatoms. The number of pyridine rings is 2. The third kappa shape index (κ3) is 5.26. The smallest absolute Gasteiger partial charge is 0.254 e. The fourth-order valence-corrected chi connectivity index (χ4v) is 7.87. The standard InChI is InChI=1S/C34H26Cl2N4O2S2/c1-19-17-40(34(42)24-16-28(30-12-14-32(36)44-30)38-26-10-6-4-8-22(24)26)20(2)18-39(19)33(41)23-15-27(29-11-13-31(35)43-29)37-25-9-5-3-7-21(23)25/h3-16,19-20H,17-18H2,1-2H3. The molecule has 220 valence electrons. The Hall–Kier alpha value is -3.82. The first kappa shape index (κ1) is 28.9. The first-order chi connectivity index (χ1) is 21.3. The van der Waals surface area contributed by atoms with Crippen molar-refractivity contribution in [2.45, 2.75) is 25.9 Å². The van der Waals surface area contributed by atoms with E-state index in [1.54, 1.807) is 0 Å². The summed E-state index contributed by atoms with van der Waals surface area (Å²) in [5.41, 5.74) is 4.11. The van der Waals surface area contributed by atoms with Gasteiger partial charge in [-0.15, -0.1) is 22.7 Å². The van der Waals surface area contributed by atoms with Gasteiger partial charge in [0.25, 0.3) is 11.8 Å². The highest BCUT2D eigenvalue weighted by Crippen LogP contribution is 2.35. The van der Waals surface area contributed by atoms with E-state index < -0.39 is 0 Å². The van der Waals surface area contributed by atoms with Gasteiger partial charge in [-0.1, -0.05) is 59.6 Å². The molecule has 2 atom stereocenters. The van der Waals surface area contributed by atoms with Gasteiger partial charge in [0.05, 0.1) is 52.0 Å². The summed E-state index contributed by atoms with van der Waals surface area (Å²) in [7, 11) is 0. The number of hydrogen-bond donors (Lipinski definition) is 0. The van der Waals surface area contributed by atoms with Crippen molar-refractivity contribution in [3.8, 4) is 21.1 Å². The number of aromatic nitrogens is 2. The minimum atomic E-state index is -0.210. The molecule has 44 heavy (non-hydrogen) atoms. The Kier molecular flexibility index (Phi) is 7.62. The Labute approximate surface area is 272 Å². The summed E-state index contributed by atoms with van der Waals surface area (Å²) in [5, 5.41) is 1.60. The van der Waals surface area contributed by atoms with Gasteiger partial charge in [0.1, 0.15) is 0 Å². The van der Waals surface area contributed by atoms with Crippen LogP contribution in [0, 0.1) is 0 Å². The number of rotatable bonds is 4. The van der Waals surface area contributed by atoms with E-state index in [2.05, 4.69) is 0 Å². The zero-order valence-electron chi connectivity index (χ0n) is 23.8. The van der Waals surface area contributed by atoms with Gasteiger partial charge in [-0.3, -0.25) is 9.59 Å². The fraction of sp³-hybridized carbons (Fsp3) is 0.176. The van der Waals surface area contributed by atoms with Gasteiger partial charge in [-0.2, -0.15) is 0 Å². The highest BCUT2D eigenvalue weighted by molar-refractivity contribution is 7.19. The van der Waals surface area contributed by atoms with Crippen LogP contribution in [-0.4, -0.2) is 56.8 Å². The minimum absolute atomic E-state index is 0.0785. The number of fused-ring (bicyclic) bond motifs is 2. The average molecular weight is 658 g/mol. The molecular formula is C34H26Cl2N4O2S2. The molecule has 0 bridgehead atoms. The third-order valence-electron chi connectivity index (χ3n) is 8.05. The van der Waals surface area contributed by atoms with Crippen LogP contribution in [0.3, 0.4) is 0 Å². The molecule has 0 aliphatic carbocycles. The quantitative estimate of drug-likeness (QED) is 0.190. The zero-order valence-corrected chi connectivity index (χ0v) is 27.0. The average Bonchev–Trinajstić information content (AvgIpc) is 3.68. The molecule has 6 aromatic rings. The van der Waals surface area contributed by atoms with E-state index in [1.165, 1.54) is 22.7 Å². The van der Waals surface area contributed by atoms with Gasteiger partial charge in [0.2, 0.25) is 0 Å². The first-order valence-electron chi connectivity index (χ1n) is 14.2. The molecule has 1 saturated heterocycles. The summed E-state index contributed by atoms with van der Waals surface area (Å²) in [6.45, 7) is 4.80. The van der Waals surface area contributed by atoms with Crippen molar-refractivity contribution in [1.29, 1.82) is 0 Å². The summed E-state index contributed by atoms with van der Waals surface area (Å²) in [6, 6.07) is 26.2. The van der Waals surface area contributed by atoms with E-state index in [0.29, 0.717) is 44.3 Å². The van der Waals surface area contributed by atoms with Gasteiger partial charge in [-0.05, 0) is 62.4 Å². The lowest BCUT2D eigenvalue weighted by Crippen LogP contribution is -2.59. The molecule has 0 N–H and O–H groups in total. The Morgan fingerprint density at radius 2 is 1.07 bits per heavy atom. The van der Waals surface area contributed by atoms with E-state index in [9.17, 15) is 9.59 Å². The van der Waals surface area contributed by atoms with Crippen LogP contribution in [0.5, 0.6) is 0 Å². The van der Waals surface area contributed by atoms with Crippen LogP contribution >= 0.6 is 45.9 Å². The summed E-state index contributed by atoms with van der Waals surface area (Å²) >= 11 is 15.3. The molecule has 0 spiro atoms. The second-order valence-corrected chi connectivity index (χ2v) is 14.4. The van der Waals surface area contributed by atoms with E-state index >= 15 is 0 Å². The second kappa shape index (κ2) is 11.6. The van der Waals surface area contributed by atoms with E-state index in [-0.39, 0.29) is 23.9 Å². The molecule has 7 rings (SSSR count). The summed E-state index contributed by atoms with van der Waals surface area (Å²) in [6.07, 6.45) is 0. The van der Waals surface area contributed by atoms with Crippen molar-refractivity contribution >= 4 is 79.5 Å². The van der Waals surface area contributed by atoms with Crippen molar-refractivity contribution in [2.75, 3.05) is 13.1 Å². The van der Waals surface area contributed by atoms with Crippen molar-refractivity contribution in [1.82, 2.24) is 19.8 Å². The lowest BCUT2D eigenvalue weighted by molar-refractivity contribution is 0.0272. The van der Waals surface area contributed by atoms with Crippen molar-refractivity contribution in [3.05, 3.63) is 105 Å². The predicted octanol–water partition coefficient (Wildman–Crippen LogP) is 8.92. The number of carbonyl (C=O) groups excluding carboxylic acids is 2. The number of para-hydroxylation sites is 2. The van der Waals surface area contributed by atoms with Gasteiger partial charge in [0, 0.05) is 35.9 Å². The Bertz CT molecular complexity index is 1930. The van der Waals surface area contributed by atoms with Crippen molar-refractivity contribution in [2.24, 2.45) is 0 Å². The van der Waals surface area contributed by atoms with E-state index in [1.807, 2.05) is 109 Å². The lowest BCUT2D eigenvalue weighted by atomic mass is 10.0. The molecule has 6 nitrogen and oxygen atoms in total. The first-order valence-corrected chi connectivity index (χ1v) is 16.6. The number of benzene rings is 2. The number of hydrogen-bond acceptors (Lipinski definition) is 6. The van der Waals surface area contributed by atoms with Crippen LogP contribution in [0.4, 0.5) is 0 Å². The Morgan fingerprint density at radius 1 is 0.659 bits per heavy atom. The number of halogens is 2. The number of carbonyl (C=O) groups is 2. The van der Waals surface area contributed by atoms with Crippen LogP contribution in [0.1, 0.15) is 34.6 Å². The van der Waals surface area contributed by atoms with Crippen LogP contribution in [0.2, 0.25) is 8.67 Å². The summed E-state index contributed by atoms with van der Waals surface area (Å²) < 4.78 is 1.33. The maximum atomic E-state index is 14.2. The monoisotopic (exact) mass is 656 g/mol. The Morgan fingerprint density at radius 3 is 1.45 bits per heavy atom. The van der Waals surface area contributed by atoms with Crippen LogP contribution in [-0.2, 0) is 0 Å². The molecule has 2 aromatic carbocycles. The summed E-state index contributed by atoms with van der Waals surface area (Å²) in [5.74, 6) is -0.157. The largest absolute Gasteiger partial charge is 0.332 e. The molecule has 2 unspecified atom stereocenters. The van der Waals surface area contributed by atoms with Gasteiger partial charge >= 0.3 is 0 Å². The number of thiophene rings is 2. The predicted molar refractivity (Wildman–Crippen MR) is 181 cm³/mol. The molecule has 4 aromatic heterocycles.